The molecule has 0 saturated heterocycles. The summed E-state index contributed by atoms with van der Waals surface area (Å²) in [5.74, 6) is 0.167. The standard InChI is InChI=1S/C5H6F6.C5H12.C3H6O.C3H8.C2H5F.C2H6O2S.C2H6O.C2H6S.CH3F.3CH4/c1-3(2,4(6,7)8)5(9,10)11;1-5(2,3)4;1-3(2)4;1-3-2;1-2-3;1-5(2,3)4;2*1-3-2;1-2;;;/h1-2H3;1-4H3;1-2H3;3H2,1-2H3;2H2,1H3;1-2H3;2*1-2H3;1H3;3*1H4. The largest absolute Gasteiger partial charge is 0.402 e. The molecule has 0 aliphatic rings. The first-order valence-electron chi connectivity index (χ1n) is 11.4. The van der Waals surface area contributed by atoms with Crippen LogP contribution in [0, 0.1) is 10.8 Å². The number of ether oxygens (including phenoxy) is 1. The summed E-state index contributed by atoms with van der Waals surface area (Å²) < 4.78 is 113. The second-order valence-electron chi connectivity index (χ2n) is 9.46. The van der Waals surface area contributed by atoms with Gasteiger partial charge in [-0.3, -0.25) is 8.78 Å². The first-order valence-corrected chi connectivity index (χ1v) is 15.3. The maximum Gasteiger partial charge on any atom is 0.402 e. The Morgan fingerprint density at radius 3 is 0.762 bits per heavy atom. The number of hydrogen-bond donors (Lipinski definition) is 0. The van der Waals surface area contributed by atoms with E-state index in [1.165, 1.54) is 27.2 Å². The highest BCUT2D eigenvalue weighted by molar-refractivity contribution is 7.97. The number of ketones is 1. The molecule has 0 aliphatic heterocycles. The zero-order valence-corrected chi connectivity index (χ0v) is 29.0. The van der Waals surface area contributed by atoms with Gasteiger partial charge in [-0.25, -0.2) is 8.42 Å². The second-order valence-corrected chi connectivity index (χ2v) is 12.6. The predicted molar refractivity (Wildman–Crippen MR) is 175 cm³/mol. The molecule has 4 nitrogen and oxygen atoms in total. The van der Waals surface area contributed by atoms with Crippen molar-refractivity contribution in [3.05, 3.63) is 0 Å². The van der Waals surface area contributed by atoms with Crippen LogP contribution < -0.4 is 0 Å². The average Bonchev–Trinajstić information content (AvgIpc) is 2.61. The Labute approximate surface area is 261 Å². The van der Waals surface area contributed by atoms with Crippen molar-refractivity contribution < 1.29 is 53.1 Å². The number of alkyl halides is 8. The third-order valence-electron chi connectivity index (χ3n) is 1.42. The van der Waals surface area contributed by atoms with Gasteiger partial charge in [0.15, 0.2) is 5.41 Å². The molecule has 0 atom stereocenters. The number of Topliss-reactive ketones (excluding diaryl/α,β-unsaturated/α-hetero) is 1. The highest BCUT2D eigenvalue weighted by Gasteiger charge is 2.64. The third-order valence-corrected chi connectivity index (χ3v) is 1.42. The SMILES string of the molecule is C.C.C.CC(C)(C(F)(F)F)C(F)(F)F.CC(C)(C)C.CC(C)=O.CCC.CCF.CF.COC.CS(C)(=O)=O.CSC. The minimum absolute atomic E-state index is 0. The van der Waals surface area contributed by atoms with E-state index >= 15 is 0 Å². The second kappa shape index (κ2) is 47.3. The van der Waals surface area contributed by atoms with Crippen LogP contribution in [0.5, 0.6) is 0 Å². The van der Waals surface area contributed by atoms with Gasteiger partial charge in [0.25, 0.3) is 0 Å². The number of thioether (sulfide) groups is 1. The van der Waals surface area contributed by atoms with Crippen molar-refractivity contribution in [2.45, 2.75) is 117 Å². The zero-order valence-electron chi connectivity index (χ0n) is 27.4. The van der Waals surface area contributed by atoms with E-state index in [4.69, 9.17) is 0 Å². The number of halogens is 8. The molecule has 0 aromatic carbocycles. The highest BCUT2D eigenvalue weighted by Crippen LogP contribution is 2.49. The Kier molecular flexibility index (Phi) is 88.0. The fourth-order valence-electron chi connectivity index (χ4n) is 0.161. The Bertz CT molecular complexity index is 504. The molecule has 0 saturated carbocycles. The van der Waals surface area contributed by atoms with Gasteiger partial charge < -0.3 is 9.53 Å². The summed E-state index contributed by atoms with van der Waals surface area (Å²) >= 11 is 1.75. The number of hydrogen-bond acceptors (Lipinski definition) is 5. The number of carbonyl (C=O) groups is 1. The predicted octanol–water partition coefficient (Wildman–Crippen LogP) is 11.6. The summed E-state index contributed by atoms with van der Waals surface area (Å²) in [6, 6.07) is 0. The van der Waals surface area contributed by atoms with Crippen LogP contribution in [0.15, 0.2) is 0 Å². The van der Waals surface area contributed by atoms with Crippen molar-refractivity contribution in [1.82, 2.24) is 0 Å². The van der Waals surface area contributed by atoms with Gasteiger partial charge in [-0.2, -0.15) is 38.1 Å². The molecule has 0 bridgehead atoms. The summed E-state index contributed by atoms with van der Waals surface area (Å²) in [4.78, 5) is 9.44. The molecule has 0 spiro atoms. The molecule has 14 heteroatoms. The molecule has 0 amide bonds. The molecule has 0 unspecified atom stereocenters. The van der Waals surface area contributed by atoms with Crippen molar-refractivity contribution in [3.8, 4) is 0 Å². The molecular formula is C28H70F8O4S2. The number of carbonyl (C=O) groups excluding carboxylic acids is 1. The summed E-state index contributed by atoms with van der Waals surface area (Å²) in [5, 5.41) is 0. The molecule has 42 heavy (non-hydrogen) atoms. The van der Waals surface area contributed by atoms with Crippen molar-refractivity contribution in [2.75, 3.05) is 53.1 Å². The van der Waals surface area contributed by atoms with Gasteiger partial charge in [-0.15, -0.1) is 0 Å². The third kappa shape index (κ3) is 192. The number of methoxy groups -OCH3 is 1. The Balaban J connectivity index is -0.0000000254. The monoisotopic (exact) mass is 686 g/mol. The van der Waals surface area contributed by atoms with Gasteiger partial charge >= 0.3 is 12.4 Å². The smallest absolute Gasteiger partial charge is 0.388 e. The van der Waals surface area contributed by atoms with Gasteiger partial charge in [-0.1, -0.05) is 70.2 Å². The Hall–Kier alpha value is -0.630. The topological polar surface area (TPSA) is 60.4 Å². The van der Waals surface area contributed by atoms with E-state index in [1.807, 2.05) is 12.5 Å². The van der Waals surface area contributed by atoms with Crippen LogP contribution in [0.3, 0.4) is 0 Å². The fourth-order valence-corrected chi connectivity index (χ4v) is 0.161. The van der Waals surface area contributed by atoms with Crippen LogP contribution in [0.1, 0.15) is 105 Å². The van der Waals surface area contributed by atoms with Crippen LogP contribution in [0.25, 0.3) is 0 Å². The molecule has 0 heterocycles. The van der Waals surface area contributed by atoms with E-state index in [-0.39, 0.29) is 48.6 Å². The van der Waals surface area contributed by atoms with Gasteiger partial charge in [-0.05, 0) is 52.5 Å². The van der Waals surface area contributed by atoms with Crippen LogP contribution in [0.2, 0.25) is 0 Å². The lowest BCUT2D eigenvalue weighted by atomic mass is 9.92. The van der Waals surface area contributed by atoms with Crippen LogP contribution in [0.4, 0.5) is 35.1 Å². The fraction of sp³-hybridized carbons (Fsp3) is 0.964. The normalized spacial score (nSPS) is 9.29. The summed E-state index contributed by atoms with van der Waals surface area (Å²) in [7, 11) is 1.08. The highest BCUT2D eigenvalue weighted by atomic mass is 32.2. The van der Waals surface area contributed by atoms with E-state index in [1.54, 1.807) is 26.0 Å². The molecule has 0 radical (unpaired) electrons. The van der Waals surface area contributed by atoms with Gasteiger partial charge in [0.2, 0.25) is 0 Å². The maximum absolute atomic E-state index is 11.6. The molecule has 0 N–H and O–H groups in total. The molecule has 0 rings (SSSR count). The number of sulfone groups is 1. The van der Waals surface area contributed by atoms with E-state index < -0.39 is 27.6 Å². The Morgan fingerprint density at radius 2 is 0.762 bits per heavy atom. The summed E-state index contributed by atoms with van der Waals surface area (Å²) in [6.45, 7) is 17.5. The van der Waals surface area contributed by atoms with E-state index in [0.29, 0.717) is 12.6 Å². The first kappa shape index (κ1) is 78.2. The maximum atomic E-state index is 11.6. The van der Waals surface area contributed by atoms with Gasteiger partial charge in [0.05, 0.1) is 13.9 Å². The zero-order chi connectivity index (χ0) is 34.9. The molecule has 0 aliphatic carbocycles. The lowest BCUT2D eigenvalue weighted by molar-refractivity contribution is -0.327. The molecule has 274 valence electrons. The van der Waals surface area contributed by atoms with E-state index in [9.17, 15) is 48.3 Å². The lowest BCUT2D eigenvalue weighted by Crippen LogP contribution is -2.44. The Morgan fingerprint density at radius 1 is 0.714 bits per heavy atom. The minimum Gasteiger partial charge on any atom is -0.388 e. The van der Waals surface area contributed by atoms with Crippen molar-refractivity contribution in [3.63, 3.8) is 0 Å². The van der Waals surface area contributed by atoms with E-state index in [0.717, 1.165) is 12.5 Å². The van der Waals surface area contributed by atoms with Crippen molar-refractivity contribution >= 4 is 27.4 Å². The first-order chi connectivity index (χ1) is 16.9. The molecule has 0 fully saturated rings. The van der Waals surface area contributed by atoms with E-state index in [2.05, 4.69) is 46.3 Å². The molecule has 0 aromatic heterocycles. The van der Waals surface area contributed by atoms with Crippen LogP contribution in [-0.4, -0.2) is 79.6 Å². The van der Waals surface area contributed by atoms with Gasteiger partial charge in [0.1, 0.15) is 15.6 Å². The lowest BCUT2D eigenvalue weighted by Gasteiger charge is -2.29. The van der Waals surface area contributed by atoms with Gasteiger partial charge in [0, 0.05) is 26.7 Å². The average molecular weight is 687 g/mol. The van der Waals surface area contributed by atoms with Crippen LogP contribution in [-0.2, 0) is 19.4 Å². The molecular weight excluding hydrogens is 616 g/mol. The van der Waals surface area contributed by atoms with Crippen LogP contribution >= 0.6 is 11.8 Å². The minimum atomic E-state index is -5.24. The van der Waals surface area contributed by atoms with Crippen molar-refractivity contribution in [1.29, 1.82) is 0 Å². The van der Waals surface area contributed by atoms with Crippen molar-refractivity contribution in [2.24, 2.45) is 10.8 Å². The number of rotatable bonds is 0. The summed E-state index contributed by atoms with van der Waals surface area (Å²) in [5.41, 5.74) is -3.12. The summed E-state index contributed by atoms with van der Waals surface area (Å²) in [6.07, 6.45) is -2.84. The quantitative estimate of drug-likeness (QED) is 0.237. The molecule has 0 aromatic rings.